The molecule has 0 unspecified atom stereocenters. The molecular weight excluding hydrogens is 284 g/mol. The number of hydrogen-bond acceptors (Lipinski definition) is 1. The molecule has 3 nitrogen and oxygen atoms in total. The van der Waals surface area contributed by atoms with Crippen LogP contribution in [0, 0.1) is 13.8 Å². The van der Waals surface area contributed by atoms with Crippen molar-refractivity contribution in [2.45, 2.75) is 26.8 Å². The smallest absolute Gasteiger partial charge is 0.251 e. The van der Waals surface area contributed by atoms with E-state index >= 15 is 0 Å². The highest BCUT2D eigenvalue weighted by molar-refractivity contribution is 5.99. The molecule has 1 amide bonds. The zero-order valence-electron chi connectivity index (χ0n) is 14.1. The summed E-state index contributed by atoms with van der Waals surface area (Å²) in [6.45, 7) is 6.21. The molecule has 118 valence electrons. The van der Waals surface area contributed by atoms with E-state index in [0.717, 1.165) is 16.5 Å². The fourth-order valence-electron chi connectivity index (χ4n) is 3.00. The van der Waals surface area contributed by atoms with E-state index in [1.807, 2.05) is 55.5 Å². The Morgan fingerprint density at radius 2 is 1.78 bits per heavy atom. The van der Waals surface area contributed by atoms with Crippen molar-refractivity contribution in [3.63, 3.8) is 0 Å². The second kappa shape index (κ2) is 5.92. The SMILES string of the molecule is Cc1c(C)n(C)c2ccc(C(=O)N[C@@H](C)c3ccccc3)cc12. The van der Waals surface area contributed by atoms with Crippen LogP contribution in [0.25, 0.3) is 10.9 Å². The molecule has 1 N–H and O–H groups in total. The van der Waals surface area contributed by atoms with Gasteiger partial charge in [0.05, 0.1) is 6.04 Å². The molecule has 0 spiro atoms. The molecule has 0 aliphatic heterocycles. The lowest BCUT2D eigenvalue weighted by Gasteiger charge is -2.14. The normalized spacial score (nSPS) is 12.3. The summed E-state index contributed by atoms with van der Waals surface area (Å²) in [7, 11) is 2.06. The molecule has 0 saturated carbocycles. The van der Waals surface area contributed by atoms with Crippen molar-refractivity contribution >= 4 is 16.8 Å². The van der Waals surface area contributed by atoms with Gasteiger partial charge in [-0.1, -0.05) is 30.3 Å². The molecule has 0 aliphatic carbocycles. The molecule has 1 atom stereocenters. The van der Waals surface area contributed by atoms with E-state index in [1.165, 1.54) is 11.3 Å². The third-order valence-electron chi connectivity index (χ3n) is 4.72. The Kier molecular flexibility index (Phi) is 3.95. The summed E-state index contributed by atoms with van der Waals surface area (Å²) < 4.78 is 2.17. The van der Waals surface area contributed by atoms with Gasteiger partial charge in [-0.15, -0.1) is 0 Å². The van der Waals surface area contributed by atoms with Gasteiger partial charge in [-0.25, -0.2) is 0 Å². The maximum absolute atomic E-state index is 12.6. The topological polar surface area (TPSA) is 34.0 Å². The highest BCUT2D eigenvalue weighted by Crippen LogP contribution is 2.25. The van der Waals surface area contributed by atoms with Crippen LogP contribution in [0.1, 0.15) is 40.1 Å². The molecule has 0 aliphatic rings. The lowest BCUT2D eigenvalue weighted by atomic mass is 10.1. The molecule has 23 heavy (non-hydrogen) atoms. The monoisotopic (exact) mass is 306 g/mol. The Morgan fingerprint density at radius 1 is 1.09 bits per heavy atom. The van der Waals surface area contributed by atoms with Crippen molar-refractivity contribution in [2.75, 3.05) is 0 Å². The Bertz CT molecular complexity index is 862. The molecule has 3 aromatic rings. The van der Waals surface area contributed by atoms with Crippen molar-refractivity contribution in [3.05, 3.63) is 70.9 Å². The second-order valence-electron chi connectivity index (χ2n) is 6.11. The number of nitrogens with zero attached hydrogens (tertiary/aromatic N) is 1. The fraction of sp³-hybridized carbons (Fsp3) is 0.250. The van der Waals surface area contributed by atoms with Crippen LogP contribution in [0.15, 0.2) is 48.5 Å². The van der Waals surface area contributed by atoms with Crippen LogP contribution in [-0.4, -0.2) is 10.5 Å². The lowest BCUT2D eigenvalue weighted by Crippen LogP contribution is -2.26. The van der Waals surface area contributed by atoms with Gasteiger partial charge in [-0.3, -0.25) is 4.79 Å². The summed E-state index contributed by atoms with van der Waals surface area (Å²) >= 11 is 0. The van der Waals surface area contributed by atoms with Gasteiger partial charge in [-0.2, -0.15) is 0 Å². The summed E-state index contributed by atoms with van der Waals surface area (Å²) in [5.74, 6) is -0.0378. The molecule has 1 heterocycles. The maximum Gasteiger partial charge on any atom is 0.251 e. The number of rotatable bonds is 3. The van der Waals surface area contributed by atoms with Crippen LogP contribution >= 0.6 is 0 Å². The zero-order valence-corrected chi connectivity index (χ0v) is 14.1. The van der Waals surface area contributed by atoms with Gasteiger partial charge in [0.25, 0.3) is 5.91 Å². The van der Waals surface area contributed by atoms with Gasteiger partial charge in [0.1, 0.15) is 0 Å². The zero-order chi connectivity index (χ0) is 16.6. The van der Waals surface area contributed by atoms with Gasteiger partial charge in [0.2, 0.25) is 0 Å². The highest BCUT2D eigenvalue weighted by Gasteiger charge is 2.14. The predicted molar refractivity (Wildman–Crippen MR) is 94.7 cm³/mol. The quantitative estimate of drug-likeness (QED) is 0.769. The van der Waals surface area contributed by atoms with Crippen LogP contribution in [-0.2, 0) is 7.05 Å². The Balaban J connectivity index is 1.88. The Labute approximate surface area is 136 Å². The van der Waals surface area contributed by atoms with E-state index in [9.17, 15) is 4.79 Å². The third kappa shape index (κ3) is 2.74. The number of aromatic nitrogens is 1. The first-order valence-corrected chi connectivity index (χ1v) is 7.90. The van der Waals surface area contributed by atoms with Crippen LogP contribution < -0.4 is 5.32 Å². The molecule has 0 saturated heterocycles. The predicted octanol–water partition coefficient (Wildman–Crippen LogP) is 4.29. The summed E-state index contributed by atoms with van der Waals surface area (Å²) in [5, 5.41) is 4.22. The van der Waals surface area contributed by atoms with Gasteiger partial charge in [0, 0.05) is 29.2 Å². The van der Waals surface area contributed by atoms with Gasteiger partial charge in [0.15, 0.2) is 0 Å². The summed E-state index contributed by atoms with van der Waals surface area (Å²) in [4.78, 5) is 12.6. The molecule has 0 fully saturated rings. The minimum Gasteiger partial charge on any atom is -0.348 e. The number of hydrogen-bond donors (Lipinski definition) is 1. The molecule has 2 aromatic carbocycles. The van der Waals surface area contributed by atoms with Gasteiger partial charge >= 0.3 is 0 Å². The minimum atomic E-state index is -0.0378. The molecule has 1 aromatic heterocycles. The van der Waals surface area contributed by atoms with Gasteiger partial charge in [-0.05, 0) is 50.1 Å². The average Bonchev–Trinajstić information content (AvgIpc) is 2.79. The van der Waals surface area contributed by atoms with Crippen LogP contribution in [0.5, 0.6) is 0 Å². The highest BCUT2D eigenvalue weighted by atomic mass is 16.1. The van der Waals surface area contributed by atoms with E-state index in [1.54, 1.807) is 0 Å². The van der Waals surface area contributed by atoms with E-state index < -0.39 is 0 Å². The van der Waals surface area contributed by atoms with E-state index in [-0.39, 0.29) is 11.9 Å². The molecule has 0 bridgehead atoms. The third-order valence-corrected chi connectivity index (χ3v) is 4.72. The first kappa shape index (κ1) is 15.3. The minimum absolute atomic E-state index is 0.0157. The van der Waals surface area contributed by atoms with Crippen molar-refractivity contribution in [1.29, 1.82) is 0 Å². The molecule has 0 radical (unpaired) electrons. The van der Waals surface area contributed by atoms with E-state index in [0.29, 0.717) is 5.56 Å². The molecular formula is C20H22N2O. The van der Waals surface area contributed by atoms with Crippen LogP contribution in [0.2, 0.25) is 0 Å². The van der Waals surface area contributed by atoms with Crippen LogP contribution in [0.4, 0.5) is 0 Å². The first-order chi connectivity index (χ1) is 11.0. The lowest BCUT2D eigenvalue weighted by molar-refractivity contribution is 0.0940. The van der Waals surface area contributed by atoms with Crippen molar-refractivity contribution in [2.24, 2.45) is 7.05 Å². The number of aryl methyl sites for hydroxylation is 2. The first-order valence-electron chi connectivity index (χ1n) is 7.90. The summed E-state index contributed by atoms with van der Waals surface area (Å²) in [6.07, 6.45) is 0. The standard InChI is InChI=1S/C20H22N2O/c1-13-15(3)22(4)19-11-10-17(12-18(13)19)20(23)21-14(2)16-8-6-5-7-9-16/h5-12,14H,1-4H3,(H,21,23)/t14-/m0/s1. The Hall–Kier alpha value is -2.55. The number of carbonyl (C=O) groups is 1. The maximum atomic E-state index is 12.6. The van der Waals surface area contributed by atoms with Crippen molar-refractivity contribution in [1.82, 2.24) is 9.88 Å². The summed E-state index contributed by atoms with van der Waals surface area (Å²) in [5.41, 5.74) is 5.43. The van der Waals surface area contributed by atoms with Crippen LogP contribution in [0.3, 0.4) is 0 Å². The van der Waals surface area contributed by atoms with E-state index in [2.05, 4.69) is 30.8 Å². The average molecular weight is 306 g/mol. The second-order valence-corrected chi connectivity index (χ2v) is 6.11. The number of fused-ring (bicyclic) bond motifs is 1. The Morgan fingerprint density at radius 3 is 2.48 bits per heavy atom. The number of carbonyl (C=O) groups excluding carboxylic acids is 1. The number of nitrogens with one attached hydrogen (secondary N) is 1. The van der Waals surface area contributed by atoms with Gasteiger partial charge < -0.3 is 9.88 Å². The summed E-state index contributed by atoms with van der Waals surface area (Å²) in [6, 6.07) is 15.9. The van der Waals surface area contributed by atoms with Crippen molar-refractivity contribution < 1.29 is 4.79 Å². The largest absolute Gasteiger partial charge is 0.348 e. The fourth-order valence-corrected chi connectivity index (χ4v) is 3.00. The van der Waals surface area contributed by atoms with E-state index in [4.69, 9.17) is 0 Å². The van der Waals surface area contributed by atoms with Crippen molar-refractivity contribution in [3.8, 4) is 0 Å². The molecule has 3 rings (SSSR count). The number of amides is 1. The molecule has 3 heteroatoms. The number of benzene rings is 2.